The Morgan fingerprint density at radius 2 is 1.94 bits per heavy atom. The predicted molar refractivity (Wildman–Crippen MR) is 70.9 cm³/mol. The lowest BCUT2D eigenvalue weighted by molar-refractivity contribution is 0.277. The summed E-state index contributed by atoms with van der Waals surface area (Å²) in [5.41, 5.74) is 0.813. The van der Waals surface area contributed by atoms with Crippen LogP contribution in [0.2, 0.25) is 5.02 Å². The molecule has 0 N–H and O–H groups in total. The lowest BCUT2D eigenvalue weighted by Crippen LogP contribution is -2.13. The summed E-state index contributed by atoms with van der Waals surface area (Å²) in [6.07, 6.45) is 7.28. The van der Waals surface area contributed by atoms with Crippen LogP contribution in [0.1, 0.15) is 44.6 Å². The number of rotatable bonds is 3. The number of hydrogen-bond acceptors (Lipinski definition) is 0. The second-order valence-electron chi connectivity index (χ2n) is 5.40. The monoisotopic (exact) mass is 254 g/mol. The maximum atomic E-state index is 13.6. The number of aryl methyl sites for hydroxylation is 1. The van der Waals surface area contributed by atoms with Crippen LogP contribution in [0.15, 0.2) is 18.2 Å². The molecule has 0 saturated heterocycles. The number of halogens is 2. The van der Waals surface area contributed by atoms with Crippen molar-refractivity contribution in [3.63, 3.8) is 0 Å². The molecule has 2 heteroatoms. The first kappa shape index (κ1) is 12.9. The molecule has 0 radical (unpaired) electrons. The molecule has 0 spiro atoms. The van der Waals surface area contributed by atoms with E-state index in [0.29, 0.717) is 5.02 Å². The van der Waals surface area contributed by atoms with E-state index < -0.39 is 0 Å². The Morgan fingerprint density at radius 3 is 2.59 bits per heavy atom. The average Bonchev–Trinajstić information content (AvgIpc) is 2.30. The largest absolute Gasteiger partial charge is 0.207 e. The van der Waals surface area contributed by atoms with Gasteiger partial charge in [0.15, 0.2) is 0 Å². The fourth-order valence-corrected chi connectivity index (χ4v) is 2.86. The highest BCUT2D eigenvalue weighted by molar-refractivity contribution is 6.30. The van der Waals surface area contributed by atoms with Gasteiger partial charge in [-0.2, -0.15) is 0 Å². The molecule has 94 valence electrons. The molecule has 1 saturated carbocycles. The third-order valence-corrected chi connectivity index (χ3v) is 4.21. The first-order valence-electron chi connectivity index (χ1n) is 6.59. The first-order valence-corrected chi connectivity index (χ1v) is 6.97. The van der Waals surface area contributed by atoms with Gasteiger partial charge >= 0.3 is 0 Å². The molecule has 0 bridgehead atoms. The maximum absolute atomic E-state index is 13.6. The Hall–Kier alpha value is -0.560. The standard InChI is InChI=1S/C15H20ClF/c1-11-2-4-12(5-3-11)6-7-13-8-9-14(16)10-15(13)17/h8-12H,2-7H2,1H3/t11-,12-. The van der Waals surface area contributed by atoms with Crippen LogP contribution in [0.5, 0.6) is 0 Å². The van der Waals surface area contributed by atoms with E-state index in [0.717, 1.165) is 30.2 Å². The molecule has 1 aliphatic rings. The summed E-state index contributed by atoms with van der Waals surface area (Å²) in [7, 11) is 0. The van der Waals surface area contributed by atoms with Gasteiger partial charge in [-0.3, -0.25) is 0 Å². The van der Waals surface area contributed by atoms with Gasteiger partial charge in [0.2, 0.25) is 0 Å². The molecule has 0 aromatic heterocycles. The molecule has 1 aromatic rings. The zero-order valence-electron chi connectivity index (χ0n) is 10.4. The van der Waals surface area contributed by atoms with Crippen LogP contribution in [-0.2, 0) is 6.42 Å². The van der Waals surface area contributed by atoms with Crippen LogP contribution in [0.25, 0.3) is 0 Å². The molecule has 0 unspecified atom stereocenters. The molecule has 1 aromatic carbocycles. The highest BCUT2D eigenvalue weighted by atomic mass is 35.5. The van der Waals surface area contributed by atoms with E-state index in [-0.39, 0.29) is 5.82 Å². The Bertz CT molecular complexity index is 367. The van der Waals surface area contributed by atoms with Gasteiger partial charge in [-0.15, -0.1) is 0 Å². The van der Waals surface area contributed by atoms with Crippen molar-refractivity contribution in [2.75, 3.05) is 0 Å². The molecule has 0 nitrogen and oxygen atoms in total. The fourth-order valence-electron chi connectivity index (χ4n) is 2.70. The Labute approximate surface area is 108 Å². The molecule has 0 heterocycles. The average molecular weight is 255 g/mol. The van der Waals surface area contributed by atoms with Crippen molar-refractivity contribution in [3.05, 3.63) is 34.6 Å². The Morgan fingerprint density at radius 1 is 1.24 bits per heavy atom. The highest BCUT2D eigenvalue weighted by Gasteiger charge is 2.18. The summed E-state index contributed by atoms with van der Waals surface area (Å²) in [5.74, 6) is 1.53. The molecular weight excluding hydrogens is 235 g/mol. The van der Waals surface area contributed by atoms with Crippen molar-refractivity contribution in [2.24, 2.45) is 11.8 Å². The Balaban J connectivity index is 1.85. The molecule has 17 heavy (non-hydrogen) atoms. The van der Waals surface area contributed by atoms with Crippen LogP contribution in [0.4, 0.5) is 4.39 Å². The third-order valence-electron chi connectivity index (χ3n) is 3.97. The van der Waals surface area contributed by atoms with Crippen molar-refractivity contribution < 1.29 is 4.39 Å². The van der Waals surface area contributed by atoms with Gasteiger partial charge in [0.1, 0.15) is 5.82 Å². The van der Waals surface area contributed by atoms with Crippen molar-refractivity contribution in [3.8, 4) is 0 Å². The van der Waals surface area contributed by atoms with Crippen LogP contribution in [0.3, 0.4) is 0 Å². The lowest BCUT2D eigenvalue weighted by atomic mass is 9.80. The van der Waals surface area contributed by atoms with E-state index >= 15 is 0 Å². The Kier molecular flexibility index (Phi) is 4.44. The summed E-state index contributed by atoms with van der Waals surface area (Å²) >= 11 is 5.74. The van der Waals surface area contributed by atoms with E-state index in [1.54, 1.807) is 6.07 Å². The number of benzene rings is 1. The minimum atomic E-state index is -0.151. The van der Waals surface area contributed by atoms with Crippen molar-refractivity contribution in [2.45, 2.75) is 45.4 Å². The van der Waals surface area contributed by atoms with Crippen molar-refractivity contribution >= 4 is 11.6 Å². The maximum Gasteiger partial charge on any atom is 0.127 e. The van der Waals surface area contributed by atoms with E-state index in [2.05, 4.69) is 6.92 Å². The topological polar surface area (TPSA) is 0 Å². The zero-order chi connectivity index (χ0) is 12.3. The van der Waals surface area contributed by atoms with Gasteiger partial charge in [-0.1, -0.05) is 50.3 Å². The van der Waals surface area contributed by atoms with E-state index in [1.807, 2.05) is 6.07 Å². The van der Waals surface area contributed by atoms with Gasteiger partial charge in [0.25, 0.3) is 0 Å². The SMILES string of the molecule is C[C@H]1CC[C@H](CCc2ccc(Cl)cc2F)CC1. The zero-order valence-corrected chi connectivity index (χ0v) is 11.1. The minimum absolute atomic E-state index is 0.151. The molecule has 0 aliphatic heterocycles. The second-order valence-corrected chi connectivity index (χ2v) is 5.84. The predicted octanol–water partition coefficient (Wildman–Crippen LogP) is 5.24. The third kappa shape index (κ3) is 3.70. The summed E-state index contributed by atoms with van der Waals surface area (Å²) in [6, 6.07) is 5.02. The van der Waals surface area contributed by atoms with Crippen molar-refractivity contribution in [1.82, 2.24) is 0 Å². The van der Waals surface area contributed by atoms with E-state index in [4.69, 9.17) is 11.6 Å². The highest BCUT2D eigenvalue weighted by Crippen LogP contribution is 2.31. The van der Waals surface area contributed by atoms with Gasteiger partial charge in [0, 0.05) is 5.02 Å². The van der Waals surface area contributed by atoms with Crippen LogP contribution < -0.4 is 0 Å². The summed E-state index contributed by atoms with van der Waals surface area (Å²) in [5, 5.41) is 0.484. The van der Waals surface area contributed by atoms with Crippen LogP contribution in [-0.4, -0.2) is 0 Å². The summed E-state index contributed by atoms with van der Waals surface area (Å²) in [4.78, 5) is 0. The molecular formula is C15H20ClF. The smallest absolute Gasteiger partial charge is 0.127 e. The quantitative estimate of drug-likeness (QED) is 0.692. The van der Waals surface area contributed by atoms with Gasteiger partial charge in [-0.25, -0.2) is 4.39 Å². The molecule has 0 amide bonds. The lowest BCUT2D eigenvalue weighted by Gasteiger charge is -2.26. The van der Waals surface area contributed by atoms with E-state index in [9.17, 15) is 4.39 Å². The summed E-state index contributed by atoms with van der Waals surface area (Å²) < 4.78 is 13.6. The second kappa shape index (κ2) is 5.86. The van der Waals surface area contributed by atoms with Gasteiger partial charge in [0.05, 0.1) is 0 Å². The number of hydrogen-bond donors (Lipinski definition) is 0. The van der Waals surface area contributed by atoms with Crippen LogP contribution >= 0.6 is 11.6 Å². The molecule has 2 rings (SSSR count). The fraction of sp³-hybridized carbons (Fsp3) is 0.600. The molecule has 1 aliphatic carbocycles. The van der Waals surface area contributed by atoms with Crippen molar-refractivity contribution in [1.29, 1.82) is 0 Å². The van der Waals surface area contributed by atoms with E-state index in [1.165, 1.54) is 31.7 Å². The molecule has 0 atom stereocenters. The minimum Gasteiger partial charge on any atom is -0.207 e. The van der Waals surface area contributed by atoms with Gasteiger partial charge < -0.3 is 0 Å². The first-order chi connectivity index (χ1) is 8.15. The molecule has 1 fully saturated rings. The normalized spacial score (nSPS) is 24.9. The van der Waals surface area contributed by atoms with Crippen LogP contribution in [0, 0.1) is 17.7 Å². The summed E-state index contributed by atoms with van der Waals surface area (Å²) in [6.45, 7) is 2.33. The van der Waals surface area contributed by atoms with Gasteiger partial charge in [-0.05, 0) is 42.4 Å².